The zero-order valence-electron chi connectivity index (χ0n) is 14.0. The first-order valence-electron chi connectivity index (χ1n) is 8.31. The van der Waals surface area contributed by atoms with Crippen LogP contribution in [-0.2, 0) is 11.3 Å². The fourth-order valence-electron chi connectivity index (χ4n) is 3.15. The standard InChI is InChI=1S/C19H25NO3/c1-3-22-17-6-4-16(5-7-17)19-9-8-18(23-19)13-20-11-10-15(12-20)14-21-2/h4-9,15H,3,10-14H2,1-2H3/t15-/m1/s1. The van der Waals surface area contributed by atoms with Crippen molar-refractivity contribution < 1.29 is 13.9 Å². The summed E-state index contributed by atoms with van der Waals surface area (Å²) in [5.41, 5.74) is 1.08. The number of hydrogen-bond acceptors (Lipinski definition) is 4. The Bertz CT molecular complexity index is 605. The predicted octanol–water partition coefficient (Wildman–Crippen LogP) is 3.81. The largest absolute Gasteiger partial charge is 0.494 e. The lowest BCUT2D eigenvalue weighted by Gasteiger charge is -2.14. The molecule has 0 bridgehead atoms. The van der Waals surface area contributed by atoms with Gasteiger partial charge in [0.1, 0.15) is 17.3 Å². The summed E-state index contributed by atoms with van der Waals surface area (Å²) in [5.74, 6) is 3.48. The molecule has 2 heterocycles. The lowest BCUT2D eigenvalue weighted by Crippen LogP contribution is -2.20. The molecule has 4 nitrogen and oxygen atoms in total. The lowest BCUT2D eigenvalue weighted by atomic mass is 10.1. The molecule has 0 amide bonds. The van der Waals surface area contributed by atoms with Crippen molar-refractivity contribution in [1.82, 2.24) is 4.90 Å². The second-order valence-corrected chi connectivity index (χ2v) is 6.07. The van der Waals surface area contributed by atoms with Crippen LogP contribution in [0.3, 0.4) is 0 Å². The maximum Gasteiger partial charge on any atom is 0.134 e. The van der Waals surface area contributed by atoms with Gasteiger partial charge in [-0.05, 0) is 62.2 Å². The van der Waals surface area contributed by atoms with Crippen LogP contribution >= 0.6 is 0 Å². The molecule has 1 aliphatic heterocycles. The van der Waals surface area contributed by atoms with Gasteiger partial charge in [-0.2, -0.15) is 0 Å². The molecular weight excluding hydrogens is 290 g/mol. The Morgan fingerprint density at radius 3 is 2.74 bits per heavy atom. The normalized spacial score (nSPS) is 18.4. The smallest absolute Gasteiger partial charge is 0.134 e. The zero-order chi connectivity index (χ0) is 16.1. The summed E-state index contributed by atoms with van der Waals surface area (Å²) in [7, 11) is 1.78. The molecule has 3 rings (SSSR count). The summed E-state index contributed by atoms with van der Waals surface area (Å²) < 4.78 is 16.7. The van der Waals surface area contributed by atoms with Crippen LogP contribution in [0.4, 0.5) is 0 Å². The molecule has 1 saturated heterocycles. The SMILES string of the molecule is CCOc1ccc(-c2ccc(CN3CC[C@@H](COC)C3)o2)cc1. The van der Waals surface area contributed by atoms with Gasteiger partial charge in [-0.15, -0.1) is 0 Å². The van der Waals surface area contributed by atoms with Crippen LogP contribution in [0.1, 0.15) is 19.1 Å². The molecule has 1 aliphatic rings. The van der Waals surface area contributed by atoms with E-state index in [2.05, 4.69) is 11.0 Å². The van der Waals surface area contributed by atoms with E-state index >= 15 is 0 Å². The highest BCUT2D eigenvalue weighted by atomic mass is 16.5. The molecule has 1 aromatic carbocycles. The fourth-order valence-corrected chi connectivity index (χ4v) is 3.15. The van der Waals surface area contributed by atoms with Gasteiger partial charge in [-0.1, -0.05) is 0 Å². The molecule has 1 fully saturated rings. The molecule has 0 spiro atoms. The van der Waals surface area contributed by atoms with E-state index in [0.29, 0.717) is 12.5 Å². The molecule has 1 atom stereocenters. The van der Waals surface area contributed by atoms with Gasteiger partial charge in [0, 0.05) is 19.2 Å². The number of likely N-dealkylation sites (tertiary alicyclic amines) is 1. The average Bonchev–Trinajstić information content (AvgIpc) is 3.19. The Morgan fingerprint density at radius 2 is 2.00 bits per heavy atom. The zero-order valence-corrected chi connectivity index (χ0v) is 14.0. The number of methoxy groups -OCH3 is 1. The van der Waals surface area contributed by atoms with Crippen LogP contribution in [0.25, 0.3) is 11.3 Å². The molecule has 4 heteroatoms. The summed E-state index contributed by atoms with van der Waals surface area (Å²) in [6, 6.07) is 12.2. The van der Waals surface area contributed by atoms with Gasteiger partial charge in [-0.25, -0.2) is 0 Å². The van der Waals surface area contributed by atoms with Crippen molar-refractivity contribution in [2.24, 2.45) is 5.92 Å². The molecule has 0 radical (unpaired) electrons. The predicted molar refractivity (Wildman–Crippen MR) is 90.6 cm³/mol. The summed E-state index contributed by atoms with van der Waals surface area (Å²) in [4.78, 5) is 2.44. The third-order valence-electron chi connectivity index (χ3n) is 4.26. The number of nitrogens with zero attached hydrogens (tertiary/aromatic N) is 1. The van der Waals surface area contributed by atoms with Crippen LogP contribution in [-0.4, -0.2) is 38.3 Å². The summed E-state index contributed by atoms with van der Waals surface area (Å²) >= 11 is 0. The van der Waals surface area contributed by atoms with Crippen molar-refractivity contribution in [2.45, 2.75) is 19.9 Å². The van der Waals surface area contributed by atoms with Gasteiger partial charge in [0.25, 0.3) is 0 Å². The molecule has 0 unspecified atom stereocenters. The molecule has 2 aromatic rings. The van der Waals surface area contributed by atoms with Gasteiger partial charge in [-0.3, -0.25) is 4.90 Å². The molecule has 23 heavy (non-hydrogen) atoms. The Morgan fingerprint density at radius 1 is 1.17 bits per heavy atom. The van der Waals surface area contributed by atoms with Crippen molar-refractivity contribution >= 4 is 0 Å². The van der Waals surface area contributed by atoms with Crippen LogP contribution in [0.5, 0.6) is 5.75 Å². The highest BCUT2D eigenvalue weighted by Crippen LogP contribution is 2.26. The number of hydrogen-bond donors (Lipinski definition) is 0. The highest BCUT2D eigenvalue weighted by molar-refractivity contribution is 5.58. The van der Waals surface area contributed by atoms with E-state index in [1.54, 1.807) is 7.11 Å². The first kappa shape index (κ1) is 16.1. The van der Waals surface area contributed by atoms with Crippen LogP contribution in [0, 0.1) is 5.92 Å². The lowest BCUT2D eigenvalue weighted by molar-refractivity contribution is 0.151. The van der Waals surface area contributed by atoms with Crippen molar-refractivity contribution in [2.75, 3.05) is 33.4 Å². The van der Waals surface area contributed by atoms with Gasteiger partial charge in [0.15, 0.2) is 0 Å². The van der Waals surface area contributed by atoms with E-state index in [1.165, 1.54) is 6.42 Å². The maximum absolute atomic E-state index is 6.01. The minimum atomic E-state index is 0.653. The monoisotopic (exact) mass is 315 g/mol. The van der Waals surface area contributed by atoms with E-state index in [4.69, 9.17) is 13.9 Å². The van der Waals surface area contributed by atoms with Crippen LogP contribution in [0.2, 0.25) is 0 Å². The number of benzene rings is 1. The number of furan rings is 1. The molecule has 0 aliphatic carbocycles. The van der Waals surface area contributed by atoms with E-state index in [-0.39, 0.29) is 0 Å². The molecule has 0 saturated carbocycles. The third-order valence-corrected chi connectivity index (χ3v) is 4.26. The summed E-state index contributed by atoms with van der Waals surface area (Å²) in [6.07, 6.45) is 1.21. The van der Waals surface area contributed by atoms with Crippen molar-refractivity contribution in [3.8, 4) is 17.1 Å². The first-order valence-corrected chi connectivity index (χ1v) is 8.31. The van der Waals surface area contributed by atoms with E-state index < -0.39 is 0 Å². The quantitative estimate of drug-likeness (QED) is 0.778. The van der Waals surface area contributed by atoms with Crippen molar-refractivity contribution in [3.63, 3.8) is 0 Å². The second kappa shape index (κ2) is 7.66. The maximum atomic E-state index is 6.01. The van der Waals surface area contributed by atoms with E-state index in [0.717, 1.165) is 49.1 Å². The minimum absolute atomic E-state index is 0.653. The average molecular weight is 315 g/mol. The Hall–Kier alpha value is -1.78. The number of rotatable bonds is 7. The number of ether oxygens (including phenoxy) is 2. The van der Waals surface area contributed by atoms with Crippen LogP contribution in [0.15, 0.2) is 40.8 Å². The highest BCUT2D eigenvalue weighted by Gasteiger charge is 2.23. The molecule has 124 valence electrons. The summed E-state index contributed by atoms with van der Waals surface area (Å²) in [6.45, 7) is 6.61. The Kier molecular flexibility index (Phi) is 5.36. The van der Waals surface area contributed by atoms with E-state index in [1.807, 2.05) is 37.3 Å². The molecule has 1 aromatic heterocycles. The van der Waals surface area contributed by atoms with E-state index in [9.17, 15) is 0 Å². The Labute approximate surface area is 138 Å². The summed E-state index contributed by atoms with van der Waals surface area (Å²) in [5, 5.41) is 0. The van der Waals surface area contributed by atoms with Gasteiger partial charge in [0.05, 0.1) is 19.8 Å². The fraction of sp³-hybridized carbons (Fsp3) is 0.474. The second-order valence-electron chi connectivity index (χ2n) is 6.07. The van der Waals surface area contributed by atoms with Gasteiger partial charge >= 0.3 is 0 Å². The Balaban J connectivity index is 1.59. The van der Waals surface area contributed by atoms with Gasteiger partial charge in [0.2, 0.25) is 0 Å². The van der Waals surface area contributed by atoms with Crippen molar-refractivity contribution in [1.29, 1.82) is 0 Å². The van der Waals surface area contributed by atoms with Crippen molar-refractivity contribution in [3.05, 3.63) is 42.2 Å². The molecule has 0 N–H and O–H groups in total. The molecular formula is C19H25NO3. The topological polar surface area (TPSA) is 34.8 Å². The van der Waals surface area contributed by atoms with Gasteiger partial charge < -0.3 is 13.9 Å². The van der Waals surface area contributed by atoms with Crippen LogP contribution < -0.4 is 4.74 Å². The third kappa shape index (κ3) is 4.15. The minimum Gasteiger partial charge on any atom is -0.494 e. The first-order chi connectivity index (χ1) is 11.3.